The van der Waals surface area contributed by atoms with Crippen LogP contribution in [0.15, 0.2) is 111 Å². The fraction of sp³-hybridized carbons (Fsp3) is 0.147. The molecule has 0 aliphatic carbocycles. The first-order valence-electron chi connectivity index (χ1n) is 14.1. The smallest absolute Gasteiger partial charge is 0.465 e. The van der Waals surface area contributed by atoms with E-state index in [2.05, 4.69) is 25.2 Å². The zero-order valence-electron chi connectivity index (χ0n) is 25.7. The molecule has 0 saturated heterocycles. The third kappa shape index (κ3) is 10.9. The summed E-state index contributed by atoms with van der Waals surface area (Å²) in [6.45, 7) is 4.00. The van der Waals surface area contributed by atoms with Gasteiger partial charge in [-0.05, 0) is 72.5 Å². The highest BCUT2D eigenvalue weighted by Gasteiger charge is 2.30. The van der Waals surface area contributed by atoms with Crippen LogP contribution >= 0.6 is 11.8 Å². The van der Waals surface area contributed by atoms with Crippen molar-refractivity contribution in [1.82, 2.24) is 5.43 Å². The molecule has 3 N–H and O–H groups in total. The number of esters is 1. The molecule has 4 aromatic rings. The lowest BCUT2D eigenvalue weighted by Crippen LogP contribution is -2.16. The molecule has 0 heterocycles. The number of carbonyl (C=O) groups excluding carboxylic acids is 1. The van der Waals surface area contributed by atoms with Crippen molar-refractivity contribution in [3.63, 3.8) is 0 Å². The van der Waals surface area contributed by atoms with Gasteiger partial charge in [-0.25, -0.2) is 19.8 Å². The molecule has 0 aromatic heterocycles. The molecule has 242 valence electrons. The number of amidine groups is 2. The highest BCUT2D eigenvalue weighted by atomic mass is 32.2. The Kier molecular flexibility index (Phi) is 11.9. The molecule has 4 rings (SSSR count). The number of rotatable bonds is 10. The van der Waals surface area contributed by atoms with Crippen molar-refractivity contribution in [1.29, 1.82) is 0 Å². The van der Waals surface area contributed by atoms with Crippen molar-refractivity contribution in [2.24, 2.45) is 25.8 Å². The highest BCUT2D eigenvalue weighted by molar-refractivity contribution is 8.13. The Balaban J connectivity index is 1.40. The Bertz CT molecular complexity index is 1770. The van der Waals surface area contributed by atoms with E-state index in [0.29, 0.717) is 27.7 Å². The van der Waals surface area contributed by atoms with E-state index >= 15 is 0 Å². The molecule has 9 nitrogen and oxygen atoms in total. The number of carbonyl (C=O) groups is 1. The van der Waals surface area contributed by atoms with Gasteiger partial charge in [0.2, 0.25) is 0 Å². The third-order valence-electron chi connectivity index (χ3n) is 6.46. The first kappa shape index (κ1) is 34.4. The molecule has 0 unspecified atom stereocenters. The van der Waals surface area contributed by atoms with Crippen molar-refractivity contribution in [3.8, 4) is 5.75 Å². The molecule has 0 bridgehead atoms. The molecule has 0 amide bonds. The first-order valence-corrected chi connectivity index (χ1v) is 15.1. The van der Waals surface area contributed by atoms with E-state index in [1.165, 1.54) is 37.3 Å². The monoisotopic (exact) mass is 660 g/mol. The number of hydrogen-bond acceptors (Lipinski definition) is 7. The van der Waals surface area contributed by atoms with Crippen molar-refractivity contribution in [2.45, 2.75) is 26.0 Å². The minimum absolute atomic E-state index is 0.200. The number of benzene rings is 4. The van der Waals surface area contributed by atoms with Gasteiger partial charge in [0.25, 0.3) is 0 Å². The standard InChI is InChI=1S/C34H31F3N6O3S/c1-22-5-4-6-23(2)30(22)42-33(47-20-25-9-13-27(14-10-25)32(44)45-3)43-41-19-24-7-11-26(12-8-24)31(38)40-21-39-28-15-17-29(18-16-28)46-34(35,36)37/h4-19,21H,20H2,1-3H3,(H,42,43)(H2,38,39,40)/b41-19-. The summed E-state index contributed by atoms with van der Waals surface area (Å²) in [4.78, 5) is 24.8. The summed E-state index contributed by atoms with van der Waals surface area (Å²) in [7, 11) is 1.35. The summed E-state index contributed by atoms with van der Waals surface area (Å²) >= 11 is 1.47. The van der Waals surface area contributed by atoms with Gasteiger partial charge < -0.3 is 15.2 Å². The van der Waals surface area contributed by atoms with Gasteiger partial charge in [-0.1, -0.05) is 66.4 Å². The van der Waals surface area contributed by atoms with Crippen LogP contribution in [0.1, 0.15) is 38.2 Å². The van der Waals surface area contributed by atoms with Gasteiger partial charge in [0.15, 0.2) is 5.17 Å². The van der Waals surface area contributed by atoms with Crippen molar-refractivity contribution in [2.75, 3.05) is 7.11 Å². The number of para-hydroxylation sites is 1. The number of ether oxygens (including phenoxy) is 2. The summed E-state index contributed by atoms with van der Waals surface area (Å²) in [5.41, 5.74) is 15.3. The second kappa shape index (κ2) is 16.2. The Labute approximate surface area is 274 Å². The van der Waals surface area contributed by atoms with E-state index in [1.807, 2.05) is 56.3 Å². The minimum atomic E-state index is -4.76. The second-order valence-corrected chi connectivity index (χ2v) is 10.9. The van der Waals surface area contributed by atoms with Gasteiger partial charge in [-0.15, -0.1) is 13.2 Å². The largest absolute Gasteiger partial charge is 0.573 e. The number of nitrogens with one attached hydrogen (secondary N) is 1. The number of methoxy groups -OCH3 is 1. The lowest BCUT2D eigenvalue weighted by molar-refractivity contribution is -0.274. The van der Waals surface area contributed by atoms with Gasteiger partial charge in [0.1, 0.15) is 17.9 Å². The van der Waals surface area contributed by atoms with E-state index in [4.69, 9.17) is 15.5 Å². The molecular formula is C34H31F3N6O3S. The Morgan fingerprint density at radius 1 is 0.915 bits per heavy atom. The Hall–Kier alpha value is -5.43. The fourth-order valence-electron chi connectivity index (χ4n) is 4.05. The van der Waals surface area contributed by atoms with E-state index < -0.39 is 6.36 Å². The number of halogens is 3. The van der Waals surface area contributed by atoms with Crippen LogP contribution in [0.25, 0.3) is 0 Å². The second-order valence-electron chi connectivity index (χ2n) is 9.93. The normalized spacial score (nSPS) is 12.5. The number of aliphatic imine (C=N–C) groups is 3. The van der Waals surface area contributed by atoms with Crippen molar-refractivity contribution >= 4 is 52.7 Å². The molecule has 0 saturated carbocycles. The molecule has 47 heavy (non-hydrogen) atoms. The Morgan fingerprint density at radius 3 is 2.17 bits per heavy atom. The van der Waals surface area contributed by atoms with Crippen LogP contribution in [-0.2, 0) is 10.5 Å². The summed E-state index contributed by atoms with van der Waals surface area (Å²) < 4.78 is 45.6. The molecular weight excluding hydrogens is 629 g/mol. The number of hydrogen-bond donors (Lipinski definition) is 2. The average molecular weight is 661 g/mol. The molecule has 13 heteroatoms. The molecule has 0 atom stereocenters. The highest BCUT2D eigenvalue weighted by Crippen LogP contribution is 2.26. The quantitative estimate of drug-likeness (QED) is 0.0782. The zero-order chi connectivity index (χ0) is 33.8. The van der Waals surface area contributed by atoms with Gasteiger partial charge in [-0.2, -0.15) is 5.10 Å². The predicted molar refractivity (Wildman–Crippen MR) is 181 cm³/mol. The molecule has 0 aliphatic heterocycles. The van der Waals surface area contributed by atoms with Crippen LogP contribution in [0, 0.1) is 13.8 Å². The average Bonchev–Trinajstić information content (AvgIpc) is 3.05. The number of nitrogens with zero attached hydrogens (tertiary/aromatic N) is 4. The van der Waals surface area contributed by atoms with Crippen molar-refractivity contribution in [3.05, 3.63) is 124 Å². The maximum absolute atomic E-state index is 12.3. The molecule has 0 spiro atoms. The number of aryl methyl sites for hydroxylation is 2. The predicted octanol–water partition coefficient (Wildman–Crippen LogP) is 7.60. The summed E-state index contributed by atoms with van der Waals surface area (Å²) in [5.74, 6) is 0.0552. The molecule has 4 aromatic carbocycles. The van der Waals surface area contributed by atoms with Crippen LogP contribution in [0.2, 0.25) is 0 Å². The van der Waals surface area contributed by atoms with Crippen LogP contribution in [0.3, 0.4) is 0 Å². The summed E-state index contributed by atoms with van der Waals surface area (Å²) in [5, 5.41) is 4.99. The van der Waals surface area contributed by atoms with E-state index in [9.17, 15) is 18.0 Å². The number of alkyl halides is 3. The molecule has 0 fully saturated rings. The van der Waals surface area contributed by atoms with Gasteiger partial charge in [0, 0.05) is 11.3 Å². The van der Waals surface area contributed by atoms with E-state index in [1.54, 1.807) is 30.5 Å². The molecule has 0 radical (unpaired) electrons. The van der Waals surface area contributed by atoms with Gasteiger partial charge in [-0.3, -0.25) is 5.43 Å². The maximum atomic E-state index is 12.3. The third-order valence-corrected chi connectivity index (χ3v) is 7.39. The minimum Gasteiger partial charge on any atom is -0.465 e. The lowest BCUT2D eigenvalue weighted by Gasteiger charge is -2.09. The maximum Gasteiger partial charge on any atom is 0.573 e. The van der Waals surface area contributed by atoms with Gasteiger partial charge in [0.05, 0.1) is 30.3 Å². The Morgan fingerprint density at radius 2 is 1.55 bits per heavy atom. The summed E-state index contributed by atoms with van der Waals surface area (Å²) in [6.07, 6.45) is -1.89. The SMILES string of the molecule is COC(=O)c1ccc(CSC(=Nc2c(C)cccc2C)N/N=C\c2ccc(C(N)=NC=Nc3ccc(OC(F)(F)F)cc3)cc2)cc1. The first-order chi connectivity index (χ1) is 22.5. The van der Waals surface area contributed by atoms with Crippen LogP contribution in [-0.4, -0.2) is 43.0 Å². The van der Waals surface area contributed by atoms with Crippen LogP contribution in [0.5, 0.6) is 5.75 Å². The lowest BCUT2D eigenvalue weighted by atomic mass is 10.1. The number of hydrazone groups is 1. The van der Waals surface area contributed by atoms with E-state index in [-0.39, 0.29) is 17.6 Å². The summed E-state index contributed by atoms with van der Waals surface area (Å²) in [6, 6.07) is 25.4. The van der Waals surface area contributed by atoms with E-state index in [0.717, 1.165) is 40.1 Å². The zero-order valence-corrected chi connectivity index (χ0v) is 26.5. The fourth-order valence-corrected chi connectivity index (χ4v) is 4.82. The topological polar surface area (TPSA) is 123 Å². The van der Waals surface area contributed by atoms with Crippen LogP contribution in [0.4, 0.5) is 24.5 Å². The van der Waals surface area contributed by atoms with Crippen LogP contribution < -0.4 is 15.9 Å². The molecule has 0 aliphatic rings. The van der Waals surface area contributed by atoms with Gasteiger partial charge >= 0.3 is 12.3 Å². The number of nitrogens with two attached hydrogens (primary N) is 1. The number of thioether (sulfide) groups is 1. The van der Waals surface area contributed by atoms with Crippen molar-refractivity contribution < 1.29 is 27.4 Å².